The van der Waals surface area contributed by atoms with Crippen molar-refractivity contribution in [3.05, 3.63) is 192 Å². The van der Waals surface area contributed by atoms with Crippen molar-refractivity contribution in [3.8, 4) is 22.3 Å². The predicted molar refractivity (Wildman–Crippen MR) is 206 cm³/mol. The second-order valence-corrected chi connectivity index (χ2v) is 12.7. The molecule has 0 amide bonds. The highest BCUT2D eigenvalue weighted by atomic mass is 15.1. The third-order valence-electron chi connectivity index (χ3n) is 8.87. The smallest absolute Gasteiger partial charge is 0.0464 e. The van der Waals surface area contributed by atoms with Gasteiger partial charge in [0.05, 0.1) is 0 Å². The molecule has 2 heteroatoms. The molecule has 7 aromatic rings. The zero-order valence-electron chi connectivity index (χ0n) is 28.1. The molecule has 0 saturated heterocycles. The van der Waals surface area contributed by atoms with E-state index in [1.807, 2.05) is 0 Å². The Morgan fingerprint density at radius 1 is 0.250 bits per heavy atom. The molecule has 0 aliphatic carbocycles. The number of hydrogen-bond acceptors (Lipinski definition) is 2. The maximum atomic E-state index is 2.33. The molecule has 0 saturated carbocycles. The van der Waals surface area contributed by atoms with E-state index >= 15 is 0 Å². The maximum Gasteiger partial charge on any atom is 0.0464 e. The van der Waals surface area contributed by atoms with Crippen LogP contribution in [0.2, 0.25) is 0 Å². The van der Waals surface area contributed by atoms with E-state index in [0.29, 0.717) is 0 Å². The molecule has 0 heterocycles. The van der Waals surface area contributed by atoms with Crippen molar-refractivity contribution in [1.29, 1.82) is 0 Å². The monoisotopic (exact) mass is 620 g/mol. The van der Waals surface area contributed by atoms with E-state index in [9.17, 15) is 0 Å². The minimum Gasteiger partial charge on any atom is -0.310 e. The van der Waals surface area contributed by atoms with Crippen LogP contribution in [0.3, 0.4) is 0 Å². The molecule has 0 bridgehead atoms. The van der Waals surface area contributed by atoms with Crippen molar-refractivity contribution in [2.75, 3.05) is 9.80 Å². The van der Waals surface area contributed by atoms with Crippen LogP contribution < -0.4 is 9.80 Å². The fourth-order valence-electron chi connectivity index (χ4n) is 6.35. The van der Waals surface area contributed by atoms with Crippen LogP contribution in [0.1, 0.15) is 22.3 Å². The SMILES string of the molecule is Cc1ccc(-c2ccc(N(c3ccc(-c4ccc(N(c5cccc(C)c5)c5cccc(C)c5)cc4)cc3)c3cccc(C)c3)cc2)cc1. The van der Waals surface area contributed by atoms with Gasteiger partial charge in [0.2, 0.25) is 0 Å². The van der Waals surface area contributed by atoms with Gasteiger partial charge in [0.15, 0.2) is 0 Å². The third kappa shape index (κ3) is 6.65. The summed E-state index contributed by atoms with van der Waals surface area (Å²) in [6.45, 7) is 8.56. The Morgan fingerprint density at radius 3 is 0.812 bits per heavy atom. The molecule has 0 radical (unpaired) electrons. The van der Waals surface area contributed by atoms with Gasteiger partial charge in [0.1, 0.15) is 0 Å². The molecule has 0 N–H and O–H groups in total. The fourth-order valence-corrected chi connectivity index (χ4v) is 6.35. The zero-order valence-corrected chi connectivity index (χ0v) is 28.1. The van der Waals surface area contributed by atoms with Crippen LogP contribution in [0.4, 0.5) is 34.1 Å². The van der Waals surface area contributed by atoms with Crippen LogP contribution >= 0.6 is 0 Å². The first-order valence-electron chi connectivity index (χ1n) is 16.6. The lowest BCUT2D eigenvalue weighted by Crippen LogP contribution is -2.10. The molecule has 48 heavy (non-hydrogen) atoms. The maximum absolute atomic E-state index is 2.33. The van der Waals surface area contributed by atoms with E-state index in [1.165, 1.54) is 44.5 Å². The van der Waals surface area contributed by atoms with E-state index in [4.69, 9.17) is 0 Å². The summed E-state index contributed by atoms with van der Waals surface area (Å²) in [5.74, 6) is 0. The van der Waals surface area contributed by atoms with Gasteiger partial charge in [0.25, 0.3) is 0 Å². The van der Waals surface area contributed by atoms with Gasteiger partial charge in [0, 0.05) is 34.1 Å². The van der Waals surface area contributed by atoms with Crippen LogP contribution in [-0.2, 0) is 0 Å². The lowest BCUT2D eigenvalue weighted by atomic mass is 10.0. The number of rotatable bonds is 8. The Morgan fingerprint density at radius 2 is 0.521 bits per heavy atom. The summed E-state index contributed by atoms with van der Waals surface area (Å²) in [5.41, 5.74) is 16.6. The molecule has 0 aliphatic rings. The normalized spacial score (nSPS) is 10.9. The van der Waals surface area contributed by atoms with Crippen molar-refractivity contribution in [3.63, 3.8) is 0 Å². The standard InChI is InChI=1S/C46H40N2/c1-33-14-16-37(17-15-33)38-18-24-41(25-19-38)47(44-11-5-8-34(2)30-44)42-26-20-39(21-27-42)40-22-28-43(29-23-40)48(45-12-6-9-35(3)31-45)46-13-7-10-36(4)32-46/h5-32H,1-4H3. The van der Waals surface area contributed by atoms with E-state index in [1.54, 1.807) is 0 Å². The van der Waals surface area contributed by atoms with Gasteiger partial charge < -0.3 is 9.80 Å². The summed E-state index contributed by atoms with van der Waals surface area (Å²) in [5, 5.41) is 0. The number of benzene rings is 7. The van der Waals surface area contributed by atoms with Crippen molar-refractivity contribution < 1.29 is 0 Å². The minimum absolute atomic E-state index is 1.12. The highest BCUT2D eigenvalue weighted by Gasteiger charge is 2.15. The molecule has 7 aromatic carbocycles. The second-order valence-electron chi connectivity index (χ2n) is 12.7. The molecular weight excluding hydrogens is 581 g/mol. The summed E-state index contributed by atoms with van der Waals surface area (Å²) >= 11 is 0. The minimum atomic E-state index is 1.12. The van der Waals surface area contributed by atoms with Gasteiger partial charge in [-0.25, -0.2) is 0 Å². The summed E-state index contributed by atoms with van der Waals surface area (Å²) in [6.07, 6.45) is 0. The largest absolute Gasteiger partial charge is 0.310 e. The van der Waals surface area contributed by atoms with Crippen LogP contribution in [0.15, 0.2) is 170 Å². The van der Waals surface area contributed by atoms with Gasteiger partial charge in [-0.15, -0.1) is 0 Å². The summed E-state index contributed by atoms with van der Waals surface area (Å²) in [4.78, 5) is 4.66. The van der Waals surface area contributed by atoms with E-state index in [2.05, 4.69) is 207 Å². The van der Waals surface area contributed by atoms with Crippen molar-refractivity contribution in [2.45, 2.75) is 27.7 Å². The molecule has 0 atom stereocenters. The van der Waals surface area contributed by atoms with Crippen LogP contribution in [0, 0.1) is 27.7 Å². The van der Waals surface area contributed by atoms with E-state index in [0.717, 1.165) is 34.1 Å². The van der Waals surface area contributed by atoms with Crippen LogP contribution in [-0.4, -0.2) is 0 Å². The van der Waals surface area contributed by atoms with Gasteiger partial charge in [-0.1, -0.05) is 103 Å². The van der Waals surface area contributed by atoms with Gasteiger partial charge >= 0.3 is 0 Å². The Bertz CT molecular complexity index is 2100. The van der Waals surface area contributed by atoms with Crippen molar-refractivity contribution in [2.24, 2.45) is 0 Å². The van der Waals surface area contributed by atoms with Gasteiger partial charge in [-0.05, 0) is 139 Å². The fraction of sp³-hybridized carbons (Fsp3) is 0.0870. The predicted octanol–water partition coefficient (Wildman–Crippen LogP) is 13.2. The average molecular weight is 621 g/mol. The topological polar surface area (TPSA) is 6.48 Å². The Labute approximate surface area is 285 Å². The molecular formula is C46H40N2. The average Bonchev–Trinajstić information content (AvgIpc) is 3.10. The zero-order chi connectivity index (χ0) is 33.0. The molecule has 0 spiro atoms. The lowest BCUT2D eigenvalue weighted by molar-refractivity contribution is 1.26. The lowest BCUT2D eigenvalue weighted by Gasteiger charge is -2.27. The quantitative estimate of drug-likeness (QED) is 0.167. The number of aryl methyl sites for hydroxylation is 4. The second kappa shape index (κ2) is 13.5. The van der Waals surface area contributed by atoms with Gasteiger partial charge in [-0.2, -0.15) is 0 Å². The first-order chi connectivity index (χ1) is 23.4. The molecule has 0 unspecified atom stereocenters. The first kappa shape index (κ1) is 30.8. The molecule has 234 valence electrons. The van der Waals surface area contributed by atoms with E-state index < -0.39 is 0 Å². The number of nitrogens with zero attached hydrogens (tertiary/aromatic N) is 2. The molecule has 0 aliphatic heterocycles. The van der Waals surface area contributed by atoms with Gasteiger partial charge in [-0.3, -0.25) is 0 Å². The molecule has 0 aromatic heterocycles. The molecule has 2 nitrogen and oxygen atoms in total. The molecule has 0 fully saturated rings. The van der Waals surface area contributed by atoms with Crippen molar-refractivity contribution in [1.82, 2.24) is 0 Å². The van der Waals surface area contributed by atoms with E-state index in [-0.39, 0.29) is 0 Å². The summed E-state index contributed by atoms with van der Waals surface area (Å²) in [6, 6.07) is 61.5. The number of hydrogen-bond donors (Lipinski definition) is 0. The summed E-state index contributed by atoms with van der Waals surface area (Å²) in [7, 11) is 0. The summed E-state index contributed by atoms with van der Waals surface area (Å²) < 4.78 is 0. The third-order valence-corrected chi connectivity index (χ3v) is 8.87. The Kier molecular flexibility index (Phi) is 8.64. The van der Waals surface area contributed by atoms with Crippen molar-refractivity contribution >= 4 is 34.1 Å². The molecule has 7 rings (SSSR count). The number of anilines is 6. The first-order valence-corrected chi connectivity index (χ1v) is 16.6. The highest BCUT2D eigenvalue weighted by Crippen LogP contribution is 2.39. The van der Waals surface area contributed by atoms with Crippen LogP contribution in [0.25, 0.3) is 22.3 Å². The Hall–Kier alpha value is -5.86. The highest BCUT2D eigenvalue weighted by molar-refractivity contribution is 5.82. The Balaban J connectivity index is 1.20. The van der Waals surface area contributed by atoms with Crippen LogP contribution in [0.5, 0.6) is 0 Å².